The van der Waals surface area contributed by atoms with E-state index in [0.717, 1.165) is 20.5 Å². The van der Waals surface area contributed by atoms with E-state index in [0.29, 0.717) is 17.1 Å². The van der Waals surface area contributed by atoms with Crippen molar-refractivity contribution < 1.29 is 22.7 Å². The number of amides is 1. The minimum absolute atomic E-state index is 0.215. The molecule has 0 bridgehead atoms. The average molecular weight is 384 g/mol. The molecule has 1 aromatic carbocycles. The lowest BCUT2D eigenvalue weighted by Gasteiger charge is -2.12. The molecular weight excluding hydrogens is 364 g/mol. The number of ether oxygens (including phenoxy) is 2. The van der Waals surface area contributed by atoms with E-state index in [1.165, 1.54) is 34.4 Å². The lowest BCUT2D eigenvalue weighted by molar-refractivity contribution is 0.0947. The Bertz CT molecular complexity index is 859. The van der Waals surface area contributed by atoms with Crippen molar-refractivity contribution in [3.8, 4) is 11.5 Å². The lowest BCUT2D eigenvalue weighted by atomic mass is 10.1. The van der Waals surface area contributed by atoms with E-state index in [1.807, 2.05) is 0 Å². The molecule has 0 saturated heterocycles. The molecule has 9 heteroatoms. The minimum Gasteiger partial charge on any atom is -0.493 e. The van der Waals surface area contributed by atoms with Crippen molar-refractivity contribution in [3.63, 3.8) is 0 Å². The van der Waals surface area contributed by atoms with Crippen molar-refractivity contribution in [1.29, 1.82) is 0 Å². The Morgan fingerprint density at radius 1 is 1.16 bits per heavy atom. The van der Waals surface area contributed by atoms with Crippen LogP contribution >= 0.6 is 11.3 Å². The molecule has 0 unspecified atom stereocenters. The standard InChI is InChI=1S/C16H20N2O5S2/c1-18(2)25(20,21)14-9-8-11(24-14)10-17-16(19)12-6-5-7-13(22-3)15(12)23-4/h5-9H,10H2,1-4H3,(H,17,19). The monoisotopic (exact) mass is 384 g/mol. The van der Waals surface area contributed by atoms with Gasteiger partial charge in [0.25, 0.3) is 15.9 Å². The first-order chi connectivity index (χ1) is 11.8. The second kappa shape index (κ2) is 7.85. The zero-order chi connectivity index (χ0) is 18.6. The molecule has 1 N–H and O–H groups in total. The van der Waals surface area contributed by atoms with Crippen LogP contribution in [0.1, 0.15) is 15.2 Å². The van der Waals surface area contributed by atoms with E-state index >= 15 is 0 Å². The summed E-state index contributed by atoms with van der Waals surface area (Å²) in [6.07, 6.45) is 0. The first kappa shape index (κ1) is 19.2. The number of methoxy groups -OCH3 is 2. The lowest BCUT2D eigenvalue weighted by Crippen LogP contribution is -2.23. The molecule has 0 saturated carbocycles. The maximum Gasteiger partial charge on any atom is 0.255 e. The molecule has 1 amide bonds. The van der Waals surface area contributed by atoms with Crippen molar-refractivity contribution in [2.24, 2.45) is 0 Å². The summed E-state index contributed by atoms with van der Waals surface area (Å²) >= 11 is 1.12. The number of carbonyl (C=O) groups is 1. The molecule has 25 heavy (non-hydrogen) atoms. The van der Waals surface area contributed by atoms with Crippen molar-refractivity contribution in [2.75, 3.05) is 28.3 Å². The molecule has 0 aliphatic heterocycles. The van der Waals surface area contributed by atoms with Crippen LogP contribution in [0, 0.1) is 0 Å². The second-order valence-corrected chi connectivity index (χ2v) is 8.78. The Balaban J connectivity index is 2.13. The van der Waals surface area contributed by atoms with Crippen LogP contribution in [0.3, 0.4) is 0 Å². The highest BCUT2D eigenvalue weighted by atomic mass is 32.2. The summed E-state index contributed by atoms with van der Waals surface area (Å²) < 4.78 is 36.0. The molecule has 136 valence electrons. The highest BCUT2D eigenvalue weighted by molar-refractivity contribution is 7.91. The molecule has 0 aliphatic carbocycles. The maximum atomic E-state index is 12.4. The number of para-hydroxylation sites is 1. The Kier molecular flexibility index (Phi) is 6.04. The Morgan fingerprint density at radius 2 is 1.88 bits per heavy atom. The Morgan fingerprint density at radius 3 is 2.48 bits per heavy atom. The molecule has 0 radical (unpaired) electrons. The third-order valence-corrected chi connectivity index (χ3v) is 6.81. The number of carbonyl (C=O) groups excluding carboxylic acids is 1. The molecule has 0 spiro atoms. The number of rotatable bonds is 7. The predicted molar refractivity (Wildman–Crippen MR) is 95.9 cm³/mol. The zero-order valence-electron chi connectivity index (χ0n) is 14.4. The van der Waals surface area contributed by atoms with Crippen LogP contribution in [0.15, 0.2) is 34.5 Å². The third-order valence-electron chi connectivity index (χ3n) is 3.44. The van der Waals surface area contributed by atoms with Gasteiger partial charge < -0.3 is 14.8 Å². The smallest absolute Gasteiger partial charge is 0.255 e. The quantitative estimate of drug-likeness (QED) is 0.789. The Hall–Kier alpha value is -2.10. The van der Waals surface area contributed by atoms with E-state index in [4.69, 9.17) is 9.47 Å². The van der Waals surface area contributed by atoms with Gasteiger partial charge >= 0.3 is 0 Å². The molecule has 0 aliphatic rings. The fraction of sp³-hybridized carbons (Fsp3) is 0.312. The largest absolute Gasteiger partial charge is 0.493 e. The summed E-state index contributed by atoms with van der Waals surface area (Å²) in [6.45, 7) is 0.215. The van der Waals surface area contributed by atoms with Gasteiger partial charge in [-0.2, -0.15) is 0 Å². The number of hydrogen-bond acceptors (Lipinski definition) is 6. The van der Waals surface area contributed by atoms with Crippen LogP contribution in [0.2, 0.25) is 0 Å². The number of hydrogen-bond donors (Lipinski definition) is 1. The van der Waals surface area contributed by atoms with Crippen molar-refractivity contribution in [2.45, 2.75) is 10.8 Å². The van der Waals surface area contributed by atoms with E-state index in [1.54, 1.807) is 24.3 Å². The van der Waals surface area contributed by atoms with Gasteiger partial charge in [0.1, 0.15) is 4.21 Å². The van der Waals surface area contributed by atoms with E-state index < -0.39 is 10.0 Å². The maximum absolute atomic E-state index is 12.4. The van der Waals surface area contributed by atoms with Gasteiger partial charge in [0, 0.05) is 19.0 Å². The fourth-order valence-electron chi connectivity index (χ4n) is 2.10. The van der Waals surface area contributed by atoms with Gasteiger partial charge in [-0.25, -0.2) is 12.7 Å². The molecule has 1 aromatic heterocycles. The average Bonchev–Trinajstić information content (AvgIpc) is 3.08. The number of benzene rings is 1. The summed E-state index contributed by atoms with van der Waals surface area (Å²) in [7, 11) is 2.45. The number of thiophene rings is 1. The summed E-state index contributed by atoms with van der Waals surface area (Å²) in [5, 5.41) is 2.76. The summed E-state index contributed by atoms with van der Waals surface area (Å²) in [5.74, 6) is 0.483. The van der Waals surface area contributed by atoms with Crippen molar-refractivity contribution in [3.05, 3.63) is 40.8 Å². The second-order valence-electron chi connectivity index (χ2n) is 5.23. The summed E-state index contributed by atoms with van der Waals surface area (Å²) in [5.41, 5.74) is 0.347. The topological polar surface area (TPSA) is 84.9 Å². The van der Waals surface area contributed by atoms with Crippen LogP contribution in [0.5, 0.6) is 11.5 Å². The van der Waals surface area contributed by atoms with Crippen LogP contribution in [0.4, 0.5) is 0 Å². The zero-order valence-corrected chi connectivity index (χ0v) is 16.0. The molecule has 1 heterocycles. The first-order valence-electron chi connectivity index (χ1n) is 7.31. The minimum atomic E-state index is -3.46. The molecule has 2 rings (SSSR count). The van der Waals surface area contributed by atoms with Gasteiger partial charge in [-0.1, -0.05) is 6.07 Å². The van der Waals surface area contributed by atoms with Crippen molar-refractivity contribution in [1.82, 2.24) is 9.62 Å². The SMILES string of the molecule is COc1cccc(C(=O)NCc2ccc(S(=O)(=O)N(C)C)s2)c1OC. The van der Waals surface area contributed by atoms with Crippen LogP contribution < -0.4 is 14.8 Å². The molecule has 0 fully saturated rings. The molecule has 7 nitrogen and oxygen atoms in total. The van der Waals surface area contributed by atoms with Gasteiger partial charge in [0.15, 0.2) is 11.5 Å². The molecular formula is C16H20N2O5S2. The van der Waals surface area contributed by atoms with E-state index in [-0.39, 0.29) is 16.7 Å². The van der Waals surface area contributed by atoms with Crippen LogP contribution in [0.25, 0.3) is 0 Å². The van der Waals surface area contributed by atoms with Gasteiger partial charge in [0.05, 0.1) is 26.3 Å². The van der Waals surface area contributed by atoms with Gasteiger partial charge in [-0.3, -0.25) is 4.79 Å². The normalized spacial score (nSPS) is 11.4. The first-order valence-corrected chi connectivity index (χ1v) is 9.57. The van der Waals surface area contributed by atoms with E-state index in [2.05, 4.69) is 5.32 Å². The van der Waals surface area contributed by atoms with Gasteiger partial charge in [-0.15, -0.1) is 11.3 Å². The van der Waals surface area contributed by atoms with Crippen LogP contribution in [-0.2, 0) is 16.6 Å². The predicted octanol–water partition coefficient (Wildman–Crippen LogP) is 1.95. The van der Waals surface area contributed by atoms with Crippen molar-refractivity contribution >= 4 is 27.3 Å². The van der Waals surface area contributed by atoms with Crippen LogP contribution in [-0.4, -0.2) is 46.9 Å². The highest BCUT2D eigenvalue weighted by Gasteiger charge is 2.20. The summed E-state index contributed by atoms with van der Waals surface area (Å²) in [6, 6.07) is 8.25. The fourth-order valence-corrected chi connectivity index (χ4v) is 4.56. The number of nitrogens with zero attached hydrogens (tertiary/aromatic N) is 1. The van der Waals surface area contributed by atoms with Gasteiger partial charge in [0.2, 0.25) is 0 Å². The molecule has 2 aromatic rings. The summed E-state index contributed by atoms with van der Waals surface area (Å²) in [4.78, 5) is 13.1. The number of nitrogens with one attached hydrogen (secondary N) is 1. The van der Waals surface area contributed by atoms with E-state index in [9.17, 15) is 13.2 Å². The number of sulfonamides is 1. The van der Waals surface area contributed by atoms with Gasteiger partial charge in [-0.05, 0) is 24.3 Å². The molecule has 0 atom stereocenters. The Labute approximate surface area is 151 Å². The third kappa shape index (κ3) is 4.12. The highest BCUT2D eigenvalue weighted by Crippen LogP contribution is 2.30.